The maximum absolute atomic E-state index is 12.0. The number of likely N-dealkylation sites (N-methyl/N-ethyl adjacent to an activating group) is 1. The van der Waals surface area contributed by atoms with Gasteiger partial charge in [0.05, 0.1) is 20.6 Å². The molecule has 0 saturated carbocycles. The van der Waals surface area contributed by atoms with Crippen LogP contribution in [0.1, 0.15) is 90.4 Å². The van der Waals surface area contributed by atoms with Gasteiger partial charge in [-0.25, -0.2) is 0 Å². The number of carbonyl (C=O) groups is 1. The normalized spacial score (nSPS) is 14.3. The van der Waals surface area contributed by atoms with Gasteiger partial charge in [0.2, 0.25) is 0 Å². The highest BCUT2D eigenvalue weighted by Gasteiger charge is 2.45. The Labute approximate surface area is 161 Å². The van der Waals surface area contributed by atoms with E-state index < -0.39 is 11.5 Å². The smallest absolute Gasteiger partial charge is 0.141 e. The first-order chi connectivity index (χ1) is 12.4. The lowest BCUT2D eigenvalue weighted by Gasteiger charge is -2.49. The fraction of sp³-hybridized carbons (Fsp3) is 0.952. The molecule has 2 N–H and O–H groups in total. The van der Waals surface area contributed by atoms with Crippen LogP contribution in [0.15, 0.2) is 0 Å². The van der Waals surface area contributed by atoms with E-state index in [1.165, 1.54) is 44.9 Å². The van der Waals surface area contributed by atoms with Gasteiger partial charge >= 0.3 is 0 Å². The summed E-state index contributed by atoms with van der Waals surface area (Å²) in [6.07, 6.45) is 13.3. The van der Waals surface area contributed by atoms with Crippen LogP contribution in [-0.4, -0.2) is 60.1 Å². The zero-order valence-corrected chi connectivity index (χ0v) is 17.5. The average Bonchev–Trinajstić information content (AvgIpc) is 2.60. The molecule has 0 fully saturated rings. The monoisotopic (exact) mass is 373 g/mol. The van der Waals surface area contributed by atoms with E-state index in [4.69, 9.17) is 5.11 Å². The average molecular weight is 374 g/mol. The maximum atomic E-state index is 12.0. The molecule has 156 valence electrons. The molecule has 0 amide bonds. The molecule has 0 aromatic rings. The van der Waals surface area contributed by atoms with Crippen LogP contribution in [0.25, 0.3) is 0 Å². The molecule has 0 aliphatic heterocycles. The van der Waals surface area contributed by atoms with Crippen molar-refractivity contribution in [1.29, 1.82) is 0 Å². The second-order valence-corrected chi connectivity index (χ2v) is 8.21. The molecular formula is C21H43NO4. The number of unbranched alkanes of at least 4 members (excludes halogenated alkanes) is 9. The number of carbonyl (C=O) groups excluding carboxylic acids is 1. The molecule has 5 nitrogen and oxygen atoms in total. The standard InChI is InChI=1S/C21H43NO4/c1-4-5-6-7-8-9-10-11-12-13-15-21(16-19-24,20(25)26)22(2,3)17-14-18-23/h23-24H,4-19H2,1-3H3. The Kier molecular flexibility index (Phi) is 14.1. The van der Waals surface area contributed by atoms with Crippen molar-refractivity contribution < 1.29 is 24.6 Å². The summed E-state index contributed by atoms with van der Waals surface area (Å²) in [7, 11) is 3.74. The third kappa shape index (κ3) is 8.83. The van der Waals surface area contributed by atoms with E-state index in [9.17, 15) is 15.0 Å². The summed E-state index contributed by atoms with van der Waals surface area (Å²) >= 11 is 0. The van der Waals surface area contributed by atoms with Gasteiger partial charge in [-0.1, -0.05) is 64.7 Å². The topological polar surface area (TPSA) is 80.6 Å². The van der Waals surface area contributed by atoms with E-state index in [1.54, 1.807) is 0 Å². The lowest BCUT2D eigenvalue weighted by atomic mass is 9.84. The van der Waals surface area contributed by atoms with Gasteiger partial charge in [0.25, 0.3) is 0 Å². The molecule has 0 aliphatic carbocycles. The van der Waals surface area contributed by atoms with Gasteiger partial charge in [0, 0.05) is 32.5 Å². The lowest BCUT2D eigenvalue weighted by molar-refractivity contribution is -0.935. The predicted molar refractivity (Wildman–Crippen MR) is 105 cm³/mol. The summed E-state index contributed by atoms with van der Waals surface area (Å²) in [5, 5.41) is 30.6. The first-order valence-corrected chi connectivity index (χ1v) is 10.6. The van der Waals surface area contributed by atoms with Crippen LogP contribution < -0.4 is 5.11 Å². The molecule has 0 bridgehead atoms. The molecule has 0 heterocycles. The molecule has 0 aromatic heterocycles. The number of aliphatic carboxylic acids is 1. The number of hydrogen-bond acceptors (Lipinski definition) is 4. The molecule has 1 atom stereocenters. The van der Waals surface area contributed by atoms with E-state index in [0.29, 0.717) is 19.4 Å². The van der Waals surface area contributed by atoms with Crippen molar-refractivity contribution in [3.05, 3.63) is 0 Å². The van der Waals surface area contributed by atoms with Crippen LogP contribution in [0.3, 0.4) is 0 Å². The van der Waals surface area contributed by atoms with Crippen LogP contribution >= 0.6 is 0 Å². The number of rotatable bonds is 18. The molecular weight excluding hydrogens is 330 g/mol. The highest BCUT2D eigenvalue weighted by Crippen LogP contribution is 2.31. The summed E-state index contributed by atoms with van der Waals surface area (Å²) in [5.74, 6) is -1.08. The van der Waals surface area contributed by atoms with Crippen molar-refractivity contribution in [1.82, 2.24) is 0 Å². The minimum atomic E-state index is -1.08. The number of aliphatic hydroxyl groups is 2. The third-order valence-corrected chi connectivity index (χ3v) is 5.88. The van der Waals surface area contributed by atoms with Crippen molar-refractivity contribution >= 4 is 5.97 Å². The Hall–Kier alpha value is -0.650. The molecule has 0 radical (unpaired) electrons. The van der Waals surface area contributed by atoms with Gasteiger partial charge < -0.3 is 24.6 Å². The van der Waals surface area contributed by atoms with Gasteiger partial charge in [0.1, 0.15) is 11.5 Å². The van der Waals surface area contributed by atoms with Gasteiger partial charge in [-0.15, -0.1) is 0 Å². The lowest BCUT2D eigenvalue weighted by Crippen LogP contribution is -2.68. The Balaban J connectivity index is 4.38. The fourth-order valence-electron chi connectivity index (χ4n) is 3.95. The summed E-state index contributed by atoms with van der Waals surface area (Å²) < 4.78 is 0.244. The molecule has 0 saturated heterocycles. The minimum Gasteiger partial charge on any atom is -0.544 e. The van der Waals surface area contributed by atoms with Gasteiger partial charge in [-0.3, -0.25) is 0 Å². The second kappa shape index (κ2) is 14.4. The largest absolute Gasteiger partial charge is 0.544 e. The Bertz CT molecular complexity index is 360. The number of carboxylic acid groups (broad SMARTS) is 1. The summed E-state index contributed by atoms with van der Waals surface area (Å²) in [6, 6.07) is 0. The Morgan fingerprint density at radius 3 is 1.73 bits per heavy atom. The van der Waals surface area contributed by atoms with Crippen LogP contribution in [0.5, 0.6) is 0 Å². The fourth-order valence-corrected chi connectivity index (χ4v) is 3.95. The van der Waals surface area contributed by atoms with Crippen molar-refractivity contribution in [2.75, 3.05) is 33.9 Å². The van der Waals surface area contributed by atoms with E-state index in [-0.39, 0.29) is 24.1 Å². The Morgan fingerprint density at radius 1 is 0.808 bits per heavy atom. The summed E-state index contributed by atoms with van der Waals surface area (Å²) in [4.78, 5) is 12.0. The van der Waals surface area contributed by atoms with Crippen LogP contribution in [0.2, 0.25) is 0 Å². The number of nitrogens with zero attached hydrogens (tertiary/aromatic N) is 1. The number of aliphatic hydroxyl groups excluding tert-OH is 2. The number of carboxylic acids is 1. The molecule has 1 unspecified atom stereocenters. The zero-order chi connectivity index (χ0) is 19.9. The predicted octanol–water partition coefficient (Wildman–Crippen LogP) is 2.63. The van der Waals surface area contributed by atoms with Crippen LogP contribution in [0, 0.1) is 0 Å². The first-order valence-electron chi connectivity index (χ1n) is 10.6. The Morgan fingerprint density at radius 2 is 1.31 bits per heavy atom. The van der Waals surface area contributed by atoms with Crippen LogP contribution in [0.4, 0.5) is 0 Å². The van der Waals surface area contributed by atoms with Gasteiger partial charge in [-0.05, 0) is 6.42 Å². The van der Waals surface area contributed by atoms with E-state index >= 15 is 0 Å². The first kappa shape index (κ1) is 25.4. The number of quaternary nitrogens is 1. The minimum absolute atomic E-state index is 0.0438. The molecule has 0 aromatic carbocycles. The molecule has 5 heteroatoms. The molecule has 0 spiro atoms. The van der Waals surface area contributed by atoms with Crippen molar-refractivity contribution in [3.8, 4) is 0 Å². The van der Waals surface area contributed by atoms with Crippen molar-refractivity contribution in [2.45, 2.75) is 95.9 Å². The van der Waals surface area contributed by atoms with Gasteiger partial charge in [-0.2, -0.15) is 0 Å². The second-order valence-electron chi connectivity index (χ2n) is 8.21. The SMILES string of the molecule is CCCCCCCCCCCCC(CCO)(C(=O)[O-])[N+](C)(C)CCCO. The quantitative estimate of drug-likeness (QED) is 0.286. The highest BCUT2D eigenvalue weighted by atomic mass is 16.4. The zero-order valence-electron chi connectivity index (χ0n) is 17.5. The van der Waals surface area contributed by atoms with Crippen molar-refractivity contribution in [3.63, 3.8) is 0 Å². The van der Waals surface area contributed by atoms with E-state index in [0.717, 1.165) is 19.3 Å². The van der Waals surface area contributed by atoms with E-state index in [1.807, 2.05) is 14.1 Å². The van der Waals surface area contributed by atoms with Crippen molar-refractivity contribution in [2.24, 2.45) is 0 Å². The van der Waals surface area contributed by atoms with E-state index in [2.05, 4.69) is 6.92 Å². The third-order valence-electron chi connectivity index (χ3n) is 5.88. The van der Waals surface area contributed by atoms with Crippen LogP contribution in [-0.2, 0) is 4.79 Å². The molecule has 0 rings (SSSR count). The maximum Gasteiger partial charge on any atom is 0.141 e. The number of hydrogen-bond donors (Lipinski definition) is 2. The molecule has 26 heavy (non-hydrogen) atoms. The summed E-state index contributed by atoms with van der Waals surface area (Å²) in [6.45, 7) is 2.67. The molecule has 0 aliphatic rings. The van der Waals surface area contributed by atoms with Gasteiger partial charge in [0.15, 0.2) is 0 Å². The highest BCUT2D eigenvalue weighted by molar-refractivity contribution is 5.75. The summed E-state index contributed by atoms with van der Waals surface area (Å²) in [5.41, 5.74) is -1.08.